The second kappa shape index (κ2) is 52.0. The van der Waals surface area contributed by atoms with Crippen molar-refractivity contribution in [3.63, 3.8) is 0 Å². The summed E-state index contributed by atoms with van der Waals surface area (Å²) < 4.78 is 0. The van der Waals surface area contributed by atoms with Crippen LogP contribution in [0.5, 0.6) is 0 Å². The lowest BCUT2D eigenvalue weighted by molar-refractivity contribution is 0.224. The first kappa shape index (κ1) is 84.7. The average molecular weight is 1520 g/mol. The third-order valence-corrected chi connectivity index (χ3v) is 22.9. The van der Waals surface area contributed by atoms with Crippen molar-refractivity contribution >= 4 is 113 Å². The molecule has 4 aliphatic rings. The molecule has 4 fully saturated rings. The van der Waals surface area contributed by atoms with Gasteiger partial charge in [0.25, 0.3) is 0 Å². The quantitative estimate of drug-likeness (QED) is 0.0273. The summed E-state index contributed by atoms with van der Waals surface area (Å²) in [6.45, 7) is 20.0. The third-order valence-electron chi connectivity index (χ3n) is 22.0. The van der Waals surface area contributed by atoms with Crippen molar-refractivity contribution in [2.75, 3.05) is 126 Å². The second-order valence-electron chi connectivity index (χ2n) is 30.6. The van der Waals surface area contributed by atoms with E-state index in [0.717, 1.165) is 113 Å². The summed E-state index contributed by atoms with van der Waals surface area (Å²) in [7, 11) is 0. The van der Waals surface area contributed by atoms with Crippen molar-refractivity contribution in [2.45, 2.75) is 244 Å². The summed E-state index contributed by atoms with van der Waals surface area (Å²) in [5, 5.41) is 21.8. The zero-order valence-electron chi connectivity index (χ0n) is 64.8. The van der Waals surface area contributed by atoms with Gasteiger partial charge in [-0.1, -0.05) is 188 Å². The predicted octanol–water partition coefficient (Wildman–Crippen LogP) is 25.3. The zero-order valence-corrected chi connectivity index (χ0v) is 67.8. The van der Waals surface area contributed by atoms with Crippen LogP contribution in [0.25, 0.3) is 43.6 Å². The Labute approximate surface area is 659 Å². The van der Waals surface area contributed by atoms with Crippen molar-refractivity contribution in [2.24, 2.45) is 0 Å². The van der Waals surface area contributed by atoms with E-state index in [-0.39, 0.29) is 0 Å². The van der Waals surface area contributed by atoms with Crippen molar-refractivity contribution in [3.8, 4) is 0 Å². The largest absolute Gasteiger partial charge is 0.384 e. The third kappa shape index (κ3) is 33.1. The number of nitrogens with one attached hydrogen (secondary N) is 4. The van der Waals surface area contributed by atoms with Crippen LogP contribution in [0.1, 0.15) is 244 Å². The van der Waals surface area contributed by atoms with Gasteiger partial charge in [0.05, 0.1) is 22.1 Å². The number of nitrogens with zero attached hydrogens (tertiary/aromatic N) is 8. The fourth-order valence-corrected chi connectivity index (χ4v) is 16.4. The predicted molar refractivity (Wildman–Crippen MR) is 462 cm³/mol. The van der Waals surface area contributed by atoms with Crippen molar-refractivity contribution in [1.82, 2.24) is 39.5 Å². The first-order valence-electron chi connectivity index (χ1n) is 42.3. The highest BCUT2D eigenvalue weighted by molar-refractivity contribution is 6.32. The minimum Gasteiger partial charge on any atom is -0.384 e. The van der Waals surface area contributed by atoms with Crippen molar-refractivity contribution in [1.29, 1.82) is 0 Å². The van der Waals surface area contributed by atoms with E-state index in [9.17, 15) is 0 Å². The van der Waals surface area contributed by atoms with Crippen LogP contribution in [-0.4, -0.2) is 144 Å². The summed E-state index contributed by atoms with van der Waals surface area (Å²) in [4.78, 5) is 28.2. The van der Waals surface area contributed by atoms with Gasteiger partial charge in [-0.05, 0) is 278 Å². The molecule has 4 aromatic heterocycles. The molecular formula is C90H132Cl4N12. The number of likely N-dealkylation sites (tertiary alicyclic amines) is 4. The van der Waals surface area contributed by atoms with Crippen LogP contribution in [0.3, 0.4) is 0 Å². The van der Waals surface area contributed by atoms with Gasteiger partial charge >= 0.3 is 0 Å². The smallest absolute Gasteiger partial charge is 0.0737 e. The monoisotopic (exact) mass is 1520 g/mol. The van der Waals surface area contributed by atoms with Gasteiger partial charge in [-0.15, -0.1) is 0 Å². The fourth-order valence-electron chi connectivity index (χ4n) is 15.7. The number of pyridine rings is 4. The number of piperidine rings is 4. The van der Waals surface area contributed by atoms with E-state index in [1.807, 2.05) is 85.5 Å². The molecule has 4 N–H and O–H groups in total. The number of halogens is 4. The molecule has 4 aromatic carbocycles. The summed E-state index contributed by atoms with van der Waals surface area (Å²) >= 11 is 24.2. The molecule has 0 saturated carbocycles. The topological polar surface area (TPSA) is 113 Å². The molecular weight excluding hydrogens is 1390 g/mol. The van der Waals surface area contributed by atoms with Crippen LogP contribution < -0.4 is 21.3 Å². The number of fused-ring (bicyclic) bond motifs is 4. The number of rotatable bonds is 42. The molecule has 580 valence electrons. The maximum absolute atomic E-state index is 6.07. The Morgan fingerprint density at radius 1 is 0.226 bits per heavy atom. The van der Waals surface area contributed by atoms with Gasteiger partial charge in [-0.3, -0.25) is 19.9 Å². The maximum Gasteiger partial charge on any atom is 0.0737 e. The molecule has 106 heavy (non-hydrogen) atoms. The first-order valence-corrected chi connectivity index (χ1v) is 43.8. The molecule has 4 aliphatic heterocycles. The van der Waals surface area contributed by atoms with Gasteiger partial charge in [0.1, 0.15) is 0 Å². The van der Waals surface area contributed by atoms with Gasteiger partial charge in [0, 0.05) is 115 Å². The Kier molecular flexibility index (Phi) is 41.6. The Hall–Kier alpha value is -5.28. The van der Waals surface area contributed by atoms with Crippen LogP contribution in [0.2, 0.25) is 20.1 Å². The molecule has 12 rings (SSSR count). The van der Waals surface area contributed by atoms with Crippen LogP contribution in [0, 0.1) is 0 Å². The van der Waals surface area contributed by atoms with E-state index in [2.05, 4.69) is 97.2 Å². The highest BCUT2D eigenvalue weighted by Gasteiger charge is 2.14. The Bertz CT molecular complexity index is 3650. The molecule has 0 spiro atoms. The standard InChI is InChI=1S/C26H40ClN3.C24H36ClN3.C22H32ClN3.C18H24ClN3/c27-23-14-15-24-25(16-18-29-26(24)22-23)28-17-10-7-5-3-1-2-4-6-8-11-19-30-20-12-9-13-21-30;25-21-12-13-22-23(14-16-27-24(22)20-21)26-15-8-5-3-1-2-4-6-9-17-28-18-10-7-11-19-28;23-19-10-11-20-21(12-14-25-22(20)18-19)24-13-6-3-1-2-4-7-15-26-16-8-5-9-17-26;19-15-6-7-16-17(8-10-21-18(16)14-15)20-9-2-5-13-22-11-3-1-4-12-22/h14-16,18,22H,1-13,17,19-21H2,(H,28,29);12-14,16,20H,1-11,15,17-19H2,(H,26,27);10-12,14,18H,1-9,13,15-17H2,(H,24,25);6-8,10,14H,1-5,9,11-13H2,(H,20,21). The maximum atomic E-state index is 6.07. The molecule has 0 bridgehead atoms. The van der Waals surface area contributed by atoms with Crippen molar-refractivity contribution in [3.05, 3.63) is 142 Å². The molecule has 0 amide bonds. The summed E-state index contributed by atoms with van der Waals surface area (Å²) in [5.74, 6) is 0. The number of aromatic nitrogens is 4. The Morgan fingerprint density at radius 3 is 0.642 bits per heavy atom. The Balaban J connectivity index is 0.000000164. The minimum absolute atomic E-state index is 0.735. The second-order valence-corrected chi connectivity index (χ2v) is 32.3. The number of unbranched alkanes of at least 4 members (excludes halogenated alkanes) is 22. The lowest BCUT2D eigenvalue weighted by Gasteiger charge is -2.26. The first-order chi connectivity index (χ1) is 52.3. The number of hydrogen-bond donors (Lipinski definition) is 4. The van der Waals surface area contributed by atoms with Crippen LogP contribution >= 0.6 is 46.4 Å². The van der Waals surface area contributed by atoms with Gasteiger partial charge in [0.15, 0.2) is 0 Å². The van der Waals surface area contributed by atoms with Gasteiger partial charge in [-0.2, -0.15) is 0 Å². The van der Waals surface area contributed by atoms with E-state index >= 15 is 0 Å². The summed E-state index contributed by atoms with van der Waals surface area (Å²) in [5.41, 5.74) is 8.46. The van der Waals surface area contributed by atoms with Crippen LogP contribution in [0.4, 0.5) is 22.7 Å². The van der Waals surface area contributed by atoms with E-state index in [0.29, 0.717) is 0 Å². The molecule has 8 heterocycles. The fraction of sp³-hybridized carbons (Fsp3) is 0.600. The highest BCUT2D eigenvalue weighted by Crippen LogP contribution is 2.30. The van der Waals surface area contributed by atoms with E-state index < -0.39 is 0 Å². The molecule has 0 radical (unpaired) electrons. The summed E-state index contributed by atoms with van der Waals surface area (Å²) in [6, 6.07) is 31.8. The normalized spacial score (nSPS) is 15.4. The van der Waals surface area contributed by atoms with E-state index in [1.165, 1.54) is 323 Å². The van der Waals surface area contributed by atoms with E-state index in [4.69, 9.17) is 46.4 Å². The number of anilines is 4. The minimum atomic E-state index is 0.735. The lowest BCUT2D eigenvalue weighted by atomic mass is 10.1. The average Bonchev–Trinajstić information content (AvgIpc) is 0.843. The van der Waals surface area contributed by atoms with Gasteiger partial charge < -0.3 is 40.9 Å². The van der Waals surface area contributed by atoms with Crippen molar-refractivity contribution < 1.29 is 0 Å². The lowest BCUT2D eigenvalue weighted by Crippen LogP contribution is -2.30. The van der Waals surface area contributed by atoms with Gasteiger partial charge in [-0.25, -0.2) is 0 Å². The summed E-state index contributed by atoms with van der Waals surface area (Å²) in [6.07, 6.45) is 59.7. The zero-order chi connectivity index (χ0) is 73.5. The number of benzene rings is 4. The molecule has 4 saturated heterocycles. The molecule has 0 aliphatic carbocycles. The molecule has 8 aromatic rings. The van der Waals surface area contributed by atoms with Crippen LogP contribution in [-0.2, 0) is 0 Å². The van der Waals surface area contributed by atoms with Gasteiger partial charge in [0.2, 0.25) is 0 Å². The highest BCUT2D eigenvalue weighted by atomic mass is 35.5. The molecule has 0 unspecified atom stereocenters. The molecule has 0 atom stereocenters. The Morgan fingerprint density at radius 2 is 0.415 bits per heavy atom. The van der Waals surface area contributed by atoms with E-state index in [1.54, 1.807) is 0 Å². The molecule has 12 nitrogen and oxygen atoms in total. The molecule has 16 heteroatoms. The number of hydrogen-bond acceptors (Lipinski definition) is 12. The van der Waals surface area contributed by atoms with Crippen LogP contribution in [0.15, 0.2) is 122 Å². The SMILES string of the molecule is Clc1ccc2c(NCCCCCCCCCCCCN3CCCCC3)ccnc2c1.Clc1ccc2c(NCCCCCCCCCCN3CCCCC3)ccnc2c1.Clc1ccc2c(NCCCCCCCCN3CCCCC3)ccnc2c1.Clc1ccc2c(NCCCCN3CCCCC3)ccnc2c1.